The zero-order valence-corrected chi connectivity index (χ0v) is 12.4. The maximum Gasteiger partial charge on any atom is 0.255 e. The predicted molar refractivity (Wildman–Crippen MR) is 84.8 cm³/mol. The number of phenols is 1. The Balaban J connectivity index is 0.000000677. The van der Waals surface area contributed by atoms with Crippen LogP contribution in [0.4, 0.5) is 0 Å². The van der Waals surface area contributed by atoms with Crippen molar-refractivity contribution in [2.45, 2.75) is 25.8 Å². The fraction of sp³-hybridized carbons (Fsp3) is 0.375. The summed E-state index contributed by atoms with van der Waals surface area (Å²) in [6.07, 6.45) is 4.74. The molecule has 1 fully saturated rings. The molecule has 0 atom stereocenters. The number of carbonyl (C=O) groups is 1. The number of amides is 1. The third-order valence-electron chi connectivity index (χ3n) is 3.20. The molecule has 1 aromatic carbocycles. The molecule has 0 aromatic heterocycles. The number of benzene rings is 1. The molecule has 1 amide bonds. The van der Waals surface area contributed by atoms with E-state index in [1.165, 1.54) is 12.4 Å². The monoisotopic (exact) mass is 289 g/mol. The van der Waals surface area contributed by atoms with Crippen LogP contribution in [0, 0.1) is 5.41 Å². The van der Waals surface area contributed by atoms with E-state index in [9.17, 15) is 9.90 Å². The summed E-state index contributed by atoms with van der Waals surface area (Å²) >= 11 is 0. The number of likely N-dealkylation sites (tertiary alicyclic amines) is 1. The van der Waals surface area contributed by atoms with Gasteiger partial charge in [0.1, 0.15) is 5.75 Å². The fourth-order valence-electron chi connectivity index (χ4n) is 2.10. The highest BCUT2D eigenvalue weighted by molar-refractivity contribution is 5.96. The summed E-state index contributed by atoms with van der Waals surface area (Å²) in [4.78, 5) is 13.9. The van der Waals surface area contributed by atoms with Gasteiger partial charge in [-0.05, 0) is 31.9 Å². The molecular formula is C16H23N3O2. The van der Waals surface area contributed by atoms with Crippen LogP contribution >= 0.6 is 0 Å². The van der Waals surface area contributed by atoms with Crippen LogP contribution in [0.2, 0.25) is 0 Å². The third-order valence-corrected chi connectivity index (χ3v) is 3.20. The number of para-hydroxylation sites is 1. The quantitative estimate of drug-likeness (QED) is 0.454. The van der Waals surface area contributed by atoms with E-state index in [1.54, 1.807) is 24.3 Å². The summed E-state index contributed by atoms with van der Waals surface area (Å²) in [5.74, 6) is -0.228. The smallest absolute Gasteiger partial charge is 0.255 e. The highest BCUT2D eigenvalue weighted by Crippen LogP contribution is 2.16. The van der Waals surface area contributed by atoms with Gasteiger partial charge in [0.15, 0.2) is 0 Å². The Bertz CT molecular complexity index is 480. The van der Waals surface area contributed by atoms with Crippen LogP contribution < -0.4 is 5.32 Å². The lowest BCUT2D eigenvalue weighted by molar-refractivity contribution is 0.0920. The van der Waals surface area contributed by atoms with Crippen molar-refractivity contribution in [3.63, 3.8) is 0 Å². The fourth-order valence-corrected chi connectivity index (χ4v) is 2.10. The maximum atomic E-state index is 12.0. The van der Waals surface area contributed by atoms with Gasteiger partial charge < -0.3 is 15.3 Å². The molecule has 0 unspecified atom stereocenters. The Labute approximate surface area is 125 Å². The van der Waals surface area contributed by atoms with Crippen LogP contribution in [0.3, 0.4) is 0 Å². The first kappa shape index (κ1) is 16.8. The van der Waals surface area contributed by atoms with Crippen LogP contribution in [0.15, 0.2) is 36.9 Å². The lowest BCUT2D eigenvalue weighted by atomic mass is 10.0. The molecule has 114 valence electrons. The number of nitrogens with one attached hydrogen (secondary N) is 2. The number of hydrogen-bond acceptors (Lipinski definition) is 3. The lowest BCUT2D eigenvalue weighted by Gasteiger charge is -2.30. The highest BCUT2D eigenvalue weighted by atomic mass is 16.3. The first-order valence-corrected chi connectivity index (χ1v) is 7.03. The molecule has 5 heteroatoms. The Morgan fingerprint density at radius 2 is 2.00 bits per heavy atom. The molecule has 1 aliphatic heterocycles. The topological polar surface area (TPSA) is 76.4 Å². The van der Waals surface area contributed by atoms with Crippen molar-refractivity contribution in [3.05, 3.63) is 42.5 Å². The minimum absolute atomic E-state index is 0.00641. The second kappa shape index (κ2) is 8.79. The van der Waals surface area contributed by atoms with Crippen LogP contribution in [0.5, 0.6) is 5.75 Å². The number of phenolic OH excluding ortho intramolecular Hbond substituents is 1. The van der Waals surface area contributed by atoms with Gasteiger partial charge in [0.2, 0.25) is 0 Å². The minimum atomic E-state index is -0.235. The summed E-state index contributed by atoms with van der Waals surface area (Å²) < 4.78 is 0. The molecule has 1 saturated heterocycles. The normalized spacial score (nSPS) is 14.6. The zero-order chi connectivity index (χ0) is 15.7. The standard InChI is InChI=1S/C13H17N3O2.C3H6/c14-9-16-7-5-10(6-8-16)15-13(18)11-3-1-2-4-12(11)17;1-3-2/h1-4,9-10,14,17H,5-8H2,(H,15,18);3H,1H2,2H3. The number of nitrogens with zero attached hydrogens (tertiary/aromatic N) is 1. The zero-order valence-electron chi connectivity index (χ0n) is 12.4. The average molecular weight is 289 g/mol. The van der Waals surface area contributed by atoms with Gasteiger partial charge in [0.25, 0.3) is 5.91 Å². The number of allylic oxidation sites excluding steroid dienone is 1. The summed E-state index contributed by atoms with van der Waals surface area (Å²) in [5.41, 5.74) is 0.312. The minimum Gasteiger partial charge on any atom is -0.507 e. The van der Waals surface area contributed by atoms with Crippen LogP contribution in [0.1, 0.15) is 30.1 Å². The van der Waals surface area contributed by atoms with Crippen molar-refractivity contribution in [1.82, 2.24) is 10.2 Å². The van der Waals surface area contributed by atoms with Gasteiger partial charge >= 0.3 is 0 Å². The maximum absolute atomic E-state index is 12.0. The van der Waals surface area contributed by atoms with E-state index < -0.39 is 0 Å². The second-order valence-corrected chi connectivity index (χ2v) is 4.84. The van der Waals surface area contributed by atoms with Crippen molar-refractivity contribution in [2.75, 3.05) is 13.1 Å². The number of carbonyl (C=O) groups excluding carboxylic acids is 1. The first-order valence-electron chi connectivity index (χ1n) is 7.03. The molecule has 1 aliphatic rings. The Hall–Kier alpha value is -2.30. The molecule has 0 radical (unpaired) electrons. The van der Waals surface area contributed by atoms with E-state index in [2.05, 4.69) is 11.9 Å². The largest absolute Gasteiger partial charge is 0.507 e. The molecule has 1 heterocycles. The average Bonchev–Trinajstić information content (AvgIpc) is 2.49. The van der Waals surface area contributed by atoms with E-state index in [-0.39, 0.29) is 17.7 Å². The summed E-state index contributed by atoms with van der Waals surface area (Å²) in [6.45, 7) is 6.82. The Kier molecular flexibility index (Phi) is 7.01. The van der Waals surface area contributed by atoms with E-state index in [0.717, 1.165) is 25.9 Å². The van der Waals surface area contributed by atoms with Crippen molar-refractivity contribution in [2.24, 2.45) is 0 Å². The van der Waals surface area contributed by atoms with E-state index in [4.69, 9.17) is 5.41 Å². The molecular weight excluding hydrogens is 266 g/mol. The Morgan fingerprint density at radius 3 is 2.52 bits per heavy atom. The van der Waals surface area contributed by atoms with Gasteiger partial charge in [0.05, 0.1) is 11.9 Å². The second-order valence-electron chi connectivity index (χ2n) is 4.84. The summed E-state index contributed by atoms with van der Waals surface area (Å²) in [6, 6.07) is 6.65. The first-order chi connectivity index (χ1) is 10.1. The number of piperidine rings is 1. The SMILES string of the molecule is C=CC.N=CN1CCC(NC(=O)c2ccccc2O)CC1. The van der Waals surface area contributed by atoms with Crippen LogP contribution in [0.25, 0.3) is 0 Å². The number of hydrogen-bond donors (Lipinski definition) is 3. The van der Waals surface area contributed by atoms with Crippen molar-refractivity contribution in [3.8, 4) is 5.75 Å². The van der Waals surface area contributed by atoms with Gasteiger partial charge in [-0.2, -0.15) is 0 Å². The van der Waals surface area contributed by atoms with Gasteiger partial charge in [-0.25, -0.2) is 0 Å². The van der Waals surface area contributed by atoms with Gasteiger partial charge in [-0.15, -0.1) is 6.58 Å². The van der Waals surface area contributed by atoms with Gasteiger partial charge in [-0.1, -0.05) is 18.2 Å². The van der Waals surface area contributed by atoms with Crippen LogP contribution in [-0.2, 0) is 0 Å². The molecule has 1 aromatic rings. The third kappa shape index (κ3) is 5.30. The molecule has 21 heavy (non-hydrogen) atoms. The van der Waals surface area contributed by atoms with E-state index in [0.29, 0.717) is 5.56 Å². The lowest BCUT2D eigenvalue weighted by Crippen LogP contribution is -2.44. The highest BCUT2D eigenvalue weighted by Gasteiger charge is 2.20. The molecule has 0 saturated carbocycles. The van der Waals surface area contributed by atoms with E-state index >= 15 is 0 Å². The summed E-state index contributed by atoms with van der Waals surface area (Å²) in [7, 11) is 0. The number of rotatable bonds is 3. The molecule has 5 nitrogen and oxygen atoms in total. The van der Waals surface area contributed by atoms with Crippen molar-refractivity contribution >= 4 is 12.2 Å². The molecule has 2 rings (SSSR count). The Morgan fingerprint density at radius 1 is 1.43 bits per heavy atom. The van der Waals surface area contributed by atoms with Crippen molar-refractivity contribution in [1.29, 1.82) is 5.41 Å². The summed E-state index contributed by atoms with van der Waals surface area (Å²) in [5, 5.41) is 19.7. The van der Waals surface area contributed by atoms with Crippen molar-refractivity contribution < 1.29 is 9.90 Å². The van der Waals surface area contributed by atoms with Gasteiger partial charge in [0, 0.05) is 19.1 Å². The van der Waals surface area contributed by atoms with E-state index in [1.807, 2.05) is 11.8 Å². The molecule has 0 bridgehead atoms. The molecule has 3 N–H and O–H groups in total. The number of aromatic hydroxyl groups is 1. The van der Waals surface area contributed by atoms with Gasteiger partial charge in [-0.3, -0.25) is 10.2 Å². The molecule has 0 spiro atoms. The predicted octanol–water partition coefficient (Wildman–Crippen LogP) is 2.39. The van der Waals surface area contributed by atoms with Crippen LogP contribution in [-0.4, -0.2) is 41.4 Å². The molecule has 0 aliphatic carbocycles.